The van der Waals surface area contributed by atoms with Crippen molar-refractivity contribution in [1.29, 1.82) is 0 Å². The summed E-state index contributed by atoms with van der Waals surface area (Å²) in [6.07, 6.45) is -15.8. The molecule has 0 fully saturated rings. The third-order valence-electron chi connectivity index (χ3n) is 2.75. The first-order valence-corrected chi connectivity index (χ1v) is 5.13. The zero-order valence-electron chi connectivity index (χ0n) is 10.6. The Morgan fingerprint density at radius 1 is 0.909 bits per heavy atom. The molecule has 22 heavy (non-hydrogen) atoms. The van der Waals surface area contributed by atoms with Crippen LogP contribution in [0.3, 0.4) is 0 Å². The zero-order chi connectivity index (χ0) is 18.2. The van der Waals surface area contributed by atoms with E-state index in [1.54, 1.807) is 0 Å². The molecule has 0 saturated heterocycles. The van der Waals surface area contributed by atoms with Gasteiger partial charge in [-0.3, -0.25) is 4.79 Å². The second kappa shape index (κ2) is 5.61. The molecule has 0 aliphatic carbocycles. The van der Waals surface area contributed by atoms with Crippen LogP contribution in [-0.2, 0) is 9.53 Å². The molecule has 0 spiro atoms. The van der Waals surface area contributed by atoms with Gasteiger partial charge in [0.15, 0.2) is 0 Å². The lowest BCUT2D eigenvalue weighted by Crippen LogP contribution is -2.68. The molecule has 0 aliphatic rings. The smallest absolute Gasteiger partial charge is 0.459 e. The van der Waals surface area contributed by atoms with Gasteiger partial charge < -0.3 is 4.74 Å². The van der Waals surface area contributed by atoms with Gasteiger partial charge in [-0.15, -0.1) is 6.58 Å². The Morgan fingerprint density at radius 3 is 1.55 bits per heavy atom. The lowest BCUT2D eigenvalue weighted by molar-refractivity contribution is -0.405. The molecule has 130 valence electrons. The number of hydrogen-bond acceptors (Lipinski definition) is 2. The molecule has 0 aromatic rings. The summed E-state index contributed by atoms with van der Waals surface area (Å²) in [7, 11) is 0.133. The Balaban J connectivity index is 6.66. The number of methoxy groups -OCH3 is 1. The molecule has 0 aromatic carbocycles. The summed E-state index contributed by atoms with van der Waals surface area (Å²) in [5.41, 5.74) is -5.45. The lowest BCUT2D eigenvalue weighted by Gasteiger charge is -2.41. The second-order valence-corrected chi connectivity index (χ2v) is 4.03. The fraction of sp³-hybridized carbons (Fsp3) is 0.700. The largest absolute Gasteiger partial charge is 0.468 e. The third kappa shape index (κ3) is 2.62. The number of rotatable bonds is 5. The van der Waals surface area contributed by atoms with Crippen LogP contribution in [0.15, 0.2) is 12.7 Å². The Morgan fingerprint density at radius 2 is 1.32 bits per heavy atom. The Hall–Kier alpha value is -1.49. The number of hydrogen-bond donors (Lipinski definition) is 0. The monoisotopic (exact) mass is 350 g/mol. The molecule has 0 bridgehead atoms. The normalized spacial score (nSPS) is 16.9. The molecule has 12 heteroatoms. The van der Waals surface area contributed by atoms with Crippen LogP contribution in [0.5, 0.6) is 0 Å². The van der Waals surface area contributed by atoms with Crippen molar-refractivity contribution in [3.63, 3.8) is 0 Å². The average Bonchev–Trinajstić information content (AvgIpc) is 2.31. The van der Waals surface area contributed by atoms with Crippen LogP contribution < -0.4 is 0 Å². The molecule has 0 aromatic heterocycles. The Bertz CT molecular complexity index is 436. The van der Waals surface area contributed by atoms with Gasteiger partial charge in [-0.2, -0.15) is 43.9 Å². The van der Waals surface area contributed by atoms with E-state index in [9.17, 15) is 48.7 Å². The van der Waals surface area contributed by atoms with Crippen molar-refractivity contribution in [3.05, 3.63) is 12.7 Å². The lowest BCUT2D eigenvalue weighted by atomic mass is 9.74. The standard InChI is InChI=1S/C10H8F10O2/c1-3-4-6(5(21)22-2,9(15,16)17)7(11,12)8(13,14)10(18,19)20/h3H,1,4H2,2H3. The predicted molar refractivity (Wildman–Crippen MR) is 51.3 cm³/mol. The summed E-state index contributed by atoms with van der Waals surface area (Å²) in [5, 5.41) is 0. The molecule has 1 unspecified atom stereocenters. The zero-order valence-corrected chi connectivity index (χ0v) is 10.6. The van der Waals surface area contributed by atoms with Gasteiger partial charge in [0.1, 0.15) is 0 Å². The first-order chi connectivity index (χ1) is 9.54. The van der Waals surface area contributed by atoms with E-state index in [4.69, 9.17) is 0 Å². The fourth-order valence-corrected chi connectivity index (χ4v) is 1.59. The average molecular weight is 350 g/mol. The van der Waals surface area contributed by atoms with Crippen molar-refractivity contribution in [1.82, 2.24) is 0 Å². The van der Waals surface area contributed by atoms with Crippen molar-refractivity contribution in [2.75, 3.05) is 7.11 Å². The van der Waals surface area contributed by atoms with Gasteiger partial charge >= 0.3 is 30.2 Å². The molecule has 2 nitrogen and oxygen atoms in total. The molecule has 1 atom stereocenters. The van der Waals surface area contributed by atoms with Crippen molar-refractivity contribution in [2.45, 2.75) is 30.6 Å². The summed E-state index contributed by atoms with van der Waals surface area (Å²) in [6.45, 7) is 2.57. The van der Waals surface area contributed by atoms with E-state index in [0.29, 0.717) is 0 Å². The van der Waals surface area contributed by atoms with Crippen LogP contribution >= 0.6 is 0 Å². The highest BCUT2D eigenvalue weighted by Gasteiger charge is 2.87. The van der Waals surface area contributed by atoms with E-state index in [2.05, 4.69) is 11.3 Å². The van der Waals surface area contributed by atoms with Crippen molar-refractivity contribution < 1.29 is 53.4 Å². The number of carbonyl (C=O) groups excluding carboxylic acids is 1. The van der Waals surface area contributed by atoms with Gasteiger partial charge in [-0.1, -0.05) is 6.08 Å². The van der Waals surface area contributed by atoms with Crippen molar-refractivity contribution >= 4 is 5.97 Å². The van der Waals surface area contributed by atoms with E-state index in [-0.39, 0.29) is 13.2 Å². The predicted octanol–water partition coefficient (Wildman–Crippen LogP) is 4.12. The topological polar surface area (TPSA) is 26.3 Å². The minimum Gasteiger partial charge on any atom is -0.468 e. The highest BCUT2D eigenvalue weighted by atomic mass is 19.4. The molecule has 0 aliphatic heterocycles. The molecular formula is C10H8F10O2. The third-order valence-corrected chi connectivity index (χ3v) is 2.75. The molecular weight excluding hydrogens is 342 g/mol. The van der Waals surface area contributed by atoms with Gasteiger partial charge in [-0.05, 0) is 6.42 Å². The maximum atomic E-state index is 13.6. The van der Waals surface area contributed by atoms with Crippen LogP contribution in [0.2, 0.25) is 0 Å². The number of esters is 1. The van der Waals surface area contributed by atoms with Crippen molar-refractivity contribution in [3.8, 4) is 0 Å². The minimum atomic E-state index is -7.15. The van der Waals surface area contributed by atoms with E-state index in [1.807, 2.05) is 0 Å². The SMILES string of the molecule is C=CCC(C(=O)OC)(C(F)(F)F)C(F)(F)C(F)(F)C(F)(F)F. The Kier molecular flexibility index (Phi) is 5.23. The van der Waals surface area contributed by atoms with Crippen LogP contribution in [-0.4, -0.2) is 37.3 Å². The minimum absolute atomic E-state index is 0.0369. The van der Waals surface area contributed by atoms with E-state index in [1.165, 1.54) is 0 Å². The van der Waals surface area contributed by atoms with Gasteiger partial charge in [0.2, 0.25) is 5.41 Å². The van der Waals surface area contributed by atoms with Gasteiger partial charge in [0.25, 0.3) is 0 Å². The van der Waals surface area contributed by atoms with E-state index >= 15 is 0 Å². The first kappa shape index (κ1) is 20.5. The van der Waals surface area contributed by atoms with Gasteiger partial charge in [0.05, 0.1) is 7.11 Å². The highest BCUT2D eigenvalue weighted by molar-refractivity contribution is 5.79. The Labute approximate surface area is 116 Å². The van der Waals surface area contributed by atoms with E-state index < -0.39 is 42.0 Å². The summed E-state index contributed by atoms with van der Waals surface area (Å²) >= 11 is 0. The first-order valence-electron chi connectivity index (χ1n) is 5.13. The van der Waals surface area contributed by atoms with Crippen LogP contribution in [0.25, 0.3) is 0 Å². The summed E-state index contributed by atoms with van der Waals surface area (Å²) in [5.74, 6) is -17.0. The van der Waals surface area contributed by atoms with Gasteiger partial charge in [0, 0.05) is 0 Å². The highest BCUT2D eigenvalue weighted by Crippen LogP contribution is 2.61. The van der Waals surface area contributed by atoms with Crippen LogP contribution in [0.1, 0.15) is 6.42 Å². The number of ether oxygens (including phenoxy) is 1. The molecule has 0 saturated carbocycles. The summed E-state index contributed by atoms with van der Waals surface area (Å²) in [4.78, 5) is 11.1. The van der Waals surface area contributed by atoms with Crippen molar-refractivity contribution in [2.24, 2.45) is 5.41 Å². The summed E-state index contributed by atoms with van der Waals surface area (Å²) in [6, 6.07) is 0. The van der Waals surface area contributed by atoms with Crippen LogP contribution in [0, 0.1) is 5.41 Å². The quantitative estimate of drug-likeness (QED) is 0.424. The molecule has 0 N–H and O–H groups in total. The molecule has 0 radical (unpaired) electrons. The maximum absolute atomic E-state index is 13.6. The molecule has 0 heterocycles. The number of halogens is 10. The van der Waals surface area contributed by atoms with Crippen LogP contribution in [0.4, 0.5) is 43.9 Å². The van der Waals surface area contributed by atoms with E-state index in [0.717, 1.165) is 0 Å². The summed E-state index contributed by atoms with van der Waals surface area (Å²) < 4.78 is 131. The number of allylic oxidation sites excluding steroid dienone is 1. The maximum Gasteiger partial charge on any atom is 0.459 e. The molecule has 0 rings (SSSR count). The number of alkyl halides is 10. The number of carbonyl (C=O) groups is 1. The second-order valence-electron chi connectivity index (χ2n) is 4.03. The fourth-order valence-electron chi connectivity index (χ4n) is 1.59. The molecule has 0 amide bonds. The van der Waals surface area contributed by atoms with Gasteiger partial charge in [-0.25, -0.2) is 0 Å².